The monoisotopic (exact) mass is 185 g/mol. The van der Waals surface area contributed by atoms with E-state index >= 15 is 0 Å². The molecule has 66 valence electrons. The smallest absolute Gasteiger partial charge is 0.163 e. The molecule has 12 heavy (non-hydrogen) atoms. The average Bonchev–Trinajstić information content (AvgIpc) is 1.82. The van der Waals surface area contributed by atoms with Crippen molar-refractivity contribution in [2.24, 2.45) is 4.36 Å². The third-order valence-electron chi connectivity index (χ3n) is 1.07. The van der Waals surface area contributed by atoms with Crippen LogP contribution in [-0.4, -0.2) is 21.7 Å². The number of nitrogens with zero attached hydrogens (tertiary/aromatic N) is 2. The molecule has 0 amide bonds. The molecule has 1 rings (SSSR count). The van der Waals surface area contributed by atoms with E-state index < -0.39 is 9.73 Å². The third-order valence-corrected chi connectivity index (χ3v) is 1.70. The van der Waals surface area contributed by atoms with Gasteiger partial charge in [0.2, 0.25) is 0 Å². The Hall–Kier alpha value is -1.10. The SMILES string of the molecule is CS(C)(=O)=Nc1cccc(N)n1. The van der Waals surface area contributed by atoms with Crippen molar-refractivity contribution in [1.29, 1.82) is 0 Å². The Balaban J connectivity index is 3.15. The summed E-state index contributed by atoms with van der Waals surface area (Å²) in [5, 5.41) is 0. The minimum atomic E-state index is -2.14. The molecular weight excluding hydrogens is 174 g/mol. The van der Waals surface area contributed by atoms with Crippen molar-refractivity contribution >= 4 is 21.4 Å². The molecule has 0 bridgehead atoms. The van der Waals surface area contributed by atoms with Gasteiger partial charge in [-0.2, -0.15) is 4.36 Å². The van der Waals surface area contributed by atoms with E-state index in [1.54, 1.807) is 30.7 Å². The maximum Gasteiger partial charge on any atom is 0.163 e. The zero-order valence-electron chi connectivity index (χ0n) is 7.02. The molecule has 4 nitrogen and oxygen atoms in total. The highest BCUT2D eigenvalue weighted by Gasteiger charge is 1.94. The number of aromatic nitrogens is 1. The first-order valence-corrected chi connectivity index (χ1v) is 5.70. The zero-order valence-corrected chi connectivity index (χ0v) is 7.84. The van der Waals surface area contributed by atoms with Crippen LogP contribution in [0.3, 0.4) is 0 Å². The van der Waals surface area contributed by atoms with Gasteiger partial charge in [-0.1, -0.05) is 6.07 Å². The maximum atomic E-state index is 11.2. The number of nitrogens with two attached hydrogens (primary N) is 1. The summed E-state index contributed by atoms with van der Waals surface area (Å²) < 4.78 is 15.1. The molecule has 0 saturated carbocycles. The Morgan fingerprint density at radius 1 is 1.50 bits per heavy atom. The van der Waals surface area contributed by atoms with Crippen LogP contribution < -0.4 is 5.73 Å². The zero-order chi connectivity index (χ0) is 9.19. The van der Waals surface area contributed by atoms with Crippen LogP contribution in [0, 0.1) is 0 Å². The molecule has 0 saturated heterocycles. The molecule has 5 heteroatoms. The molecule has 0 aliphatic rings. The lowest BCUT2D eigenvalue weighted by Crippen LogP contribution is -1.92. The van der Waals surface area contributed by atoms with Crippen LogP contribution in [0.2, 0.25) is 0 Å². The van der Waals surface area contributed by atoms with Crippen molar-refractivity contribution in [2.75, 3.05) is 18.2 Å². The van der Waals surface area contributed by atoms with E-state index in [0.29, 0.717) is 11.6 Å². The second-order valence-corrected chi connectivity index (χ2v) is 5.24. The first-order chi connectivity index (χ1) is 5.47. The number of pyridine rings is 1. The molecule has 0 aromatic carbocycles. The first kappa shape index (κ1) is 8.99. The summed E-state index contributed by atoms with van der Waals surface area (Å²) >= 11 is 0. The molecule has 0 aliphatic heterocycles. The van der Waals surface area contributed by atoms with E-state index in [1.807, 2.05) is 0 Å². The van der Waals surface area contributed by atoms with E-state index in [9.17, 15) is 4.21 Å². The van der Waals surface area contributed by atoms with Gasteiger partial charge in [0, 0.05) is 22.2 Å². The predicted octanol–water partition coefficient (Wildman–Crippen LogP) is 1.02. The summed E-state index contributed by atoms with van der Waals surface area (Å²) in [6, 6.07) is 5.06. The molecule has 1 heterocycles. The van der Waals surface area contributed by atoms with Crippen LogP contribution in [0.25, 0.3) is 0 Å². The molecule has 0 aliphatic carbocycles. The van der Waals surface area contributed by atoms with Crippen molar-refractivity contribution in [3.63, 3.8) is 0 Å². The molecule has 0 spiro atoms. The van der Waals surface area contributed by atoms with Crippen LogP contribution in [0.15, 0.2) is 22.6 Å². The third kappa shape index (κ3) is 2.87. The average molecular weight is 185 g/mol. The van der Waals surface area contributed by atoms with Crippen LogP contribution in [0.1, 0.15) is 0 Å². The van der Waals surface area contributed by atoms with Gasteiger partial charge in [-0.3, -0.25) is 0 Å². The van der Waals surface area contributed by atoms with Gasteiger partial charge in [0.1, 0.15) is 5.82 Å². The molecule has 1 aromatic heterocycles. The molecule has 0 atom stereocenters. The van der Waals surface area contributed by atoms with Gasteiger partial charge in [-0.15, -0.1) is 0 Å². The lowest BCUT2D eigenvalue weighted by atomic mass is 10.4. The number of nitrogen functional groups attached to an aromatic ring is 1. The van der Waals surface area contributed by atoms with Gasteiger partial charge in [0.25, 0.3) is 0 Å². The van der Waals surface area contributed by atoms with Crippen molar-refractivity contribution < 1.29 is 4.21 Å². The highest BCUT2D eigenvalue weighted by Crippen LogP contribution is 2.11. The number of anilines is 1. The Kier molecular flexibility index (Phi) is 2.32. The van der Waals surface area contributed by atoms with Crippen LogP contribution in [0.4, 0.5) is 11.6 Å². The topological polar surface area (TPSA) is 68.3 Å². The molecule has 0 unspecified atom stereocenters. The summed E-state index contributed by atoms with van der Waals surface area (Å²) in [5.41, 5.74) is 5.41. The van der Waals surface area contributed by atoms with E-state index in [0.717, 1.165) is 0 Å². The lowest BCUT2D eigenvalue weighted by molar-refractivity contribution is 0.684. The van der Waals surface area contributed by atoms with Crippen molar-refractivity contribution in [3.8, 4) is 0 Å². The molecule has 0 fully saturated rings. The highest BCUT2D eigenvalue weighted by atomic mass is 32.2. The minimum absolute atomic E-state index is 0.389. The quantitative estimate of drug-likeness (QED) is 0.710. The Morgan fingerprint density at radius 3 is 2.67 bits per heavy atom. The molecule has 2 N–H and O–H groups in total. The second-order valence-electron chi connectivity index (χ2n) is 2.69. The van der Waals surface area contributed by atoms with Gasteiger partial charge < -0.3 is 5.73 Å². The first-order valence-electron chi connectivity index (χ1n) is 3.37. The van der Waals surface area contributed by atoms with Gasteiger partial charge in [0.05, 0.1) is 0 Å². The summed E-state index contributed by atoms with van der Waals surface area (Å²) in [5.74, 6) is 0.810. The minimum Gasteiger partial charge on any atom is -0.384 e. The van der Waals surface area contributed by atoms with Gasteiger partial charge in [-0.25, -0.2) is 9.19 Å². The number of hydrogen-bond acceptors (Lipinski definition) is 4. The Labute approximate surface area is 72.0 Å². The normalized spacial score (nSPS) is 11.2. The Morgan fingerprint density at radius 2 is 2.17 bits per heavy atom. The van der Waals surface area contributed by atoms with Crippen LogP contribution in [-0.2, 0) is 9.73 Å². The highest BCUT2D eigenvalue weighted by molar-refractivity contribution is 7.92. The molecular formula is C7H11N3OS. The summed E-state index contributed by atoms with van der Waals surface area (Å²) in [6.07, 6.45) is 3.11. The van der Waals surface area contributed by atoms with Gasteiger partial charge in [-0.05, 0) is 12.1 Å². The van der Waals surface area contributed by atoms with Crippen molar-refractivity contribution in [3.05, 3.63) is 18.2 Å². The summed E-state index contributed by atoms with van der Waals surface area (Å²) in [7, 11) is -2.14. The fraction of sp³-hybridized carbons (Fsp3) is 0.286. The number of hydrogen-bond donors (Lipinski definition) is 1. The Bertz CT molecular complexity index is 385. The number of rotatable bonds is 1. The second kappa shape index (κ2) is 3.10. The van der Waals surface area contributed by atoms with Gasteiger partial charge >= 0.3 is 0 Å². The fourth-order valence-corrected chi connectivity index (χ4v) is 1.27. The van der Waals surface area contributed by atoms with E-state index in [2.05, 4.69) is 9.35 Å². The summed E-state index contributed by atoms with van der Waals surface area (Å²) in [6.45, 7) is 0. The molecule has 0 radical (unpaired) electrons. The summed E-state index contributed by atoms with van der Waals surface area (Å²) in [4.78, 5) is 3.89. The largest absolute Gasteiger partial charge is 0.384 e. The van der Waals surface area contributed by atoms with Gasteiger partial charge in [0.15, 0.2) is 5.82 Å². The van der Waals surface area contributed by atoms with Crippen LogP contribution >= 0.6 is 0 Å². The lowest BCUT2D eigenvalue weighted by Gasteiger charge is -1.96. The molecule has 1 aromatic rings. The van der Waals surface area contributed by atoms with E-state index in [4.69, 9.17) is 5.73 Å². The van der Waals surface area contributed by atoms with E-state index in [-0.39, 0.29) is 0 Å². The van der Waals surface area contributed by atoms with Crippen LogP contribution in [0.5, 0.6) is 0 Å². The van der Waals surface area contributed by atoms with E-state index in [1.165, 1.54) is 0 Å². The standard InChI is InChI=1S/C7H11N3OS/c1-12(2,11)10-7-5-3-4-6(8)9-7/h3-5H,1-2H3,(H2,8,9). The maximum absolute atomic E-state index is 11.2. The van der Waals surface area contributed by atoms with Crippen molar-refractivity contribution in [2.45, 2.75) is 0 Å². The van der Waals surface area contributed by atoms with Crippen molar-refractivity contribution in [1.82, 2.24) is 4.98 Å². The fourth-order valence-electron chi connectivity index (χ4n) is 0.716. The predicted molar refractivity (Wildman–Crippen MR) is 50.7 cm³/mol.